The predicted molar refractivity (Wildman–Crippen MR) is 77.3 cm³/mol. The van der Waals surface area contributed by atoms with E-state index in [2.05, 4.69) is 10.2 Å². The minimum absolute atomic E-state index is 0.193. The zero-order chi connectivity index (χ0) is 15.9. The molecule has 0 radical (unpaired) electrons. The van der Waals surface area contributed by atoms with Gasteiger partial charge < -0.3 is 14.4 Å². The minimum atomic E-state index is -1.17. The van der Waals surface area contributed by atoms with Gasteiger partial charge in [0.1, 0.15) is 17.0 Å². The monoisotopic (exact) mass is 303 g/mol. The van der Waals surface area contributed by atoms with Gasteiger partial charge in [0.2, 0.25) is 0 Å². The third kappa shape index (κ3) is 2.18. The SMILES string of the molecule is Cc1ccc(-c2cc(C(=O)N3CCC[C@]3(C)C(=O)O)n[nH]2)o1. The highest BCUT2D eigenvalue weighted by molar-refractivity contribution is 5.97. The highest BCUT2D eigenvalue weighted by Crippen LogP contribution is 2.31. The van der Waals surface area contributed by atoms with E-state index in [0.29, 0.717) is 30.8 Å². The Morgan fingerprint density at radius 2 is 2.23 bits per heavy atom. The van der Waals surface area contributed by atoms with Gasteiger partial charge in [-0.15, -0.1) is 0 Å². The van der Waals surface area contributed by atoms with E-state index in [1.165, 1.54) is 4.90 Å². The molecular formula is C15H17N3O4. The molecule has 0 aromatic carbocycles. The van der Waals surface area contributed by atoms with Gasteiger partial charge in [0.25, 0.3) is 5.91 Å². The third-order valence-corrected chi connectivity index (χ3v) is 4.15. The van der Waals surface area contributed by atoms with E-state index in [0.717, 1.165) is 5.76 Å². The molecule has 2 N–H and O–H groups in total. The van der Waals surface area contributed by atoms with Crippen molar-refractivity contribution in [1.29, 1.82) is 0 Å². The molecule has 116 valence electrons. The fourth-order valence-corrected chi connectivity index (χ4v) is 2.79. The Bertz CT molecular complexity index is 733. The number of nitrogens with one attached hydrogen (secondary N) is 1. The molecular weight excluding hydrogens is 286 g/mol. The van der Waals surface area contributed by atoms with Crippen LogP contribution in [0.2, 0.25) is 0 Å². The Kier molecular flexibility index (Phi) is 3.27. The van der Waals surface area contributed by atoms with Gasteiger partial charge in [-0.25, -0.2) is 4.79 Å². The lowest BCUT2D eigenvalue weighted by Gasteiger charge is -2.30. The van der Waals surface area contributed by atoms with Crippen LogP contribution >= 0.6 is 0 Å². The second-order valence-corrected chi connectivity index (χ2v) is 5.72. The molecule has 1 atom stereocenters. The van der Waals surface area contributed by atoms with Gasteiger partial charge in [0.15, 0.2) is 11.5 Å². The van der Waals surface area contributed by atoms with Crippen LogP contribution in [-0.4, -0.2) is 44.2 Å². The van der Waals surface area contributed by atoms with Gasteiger partial charge in [-0.3, -0.25) is 9.89 Å². The van der Waals surface area contributed by atoms with Crippen LogP contribution in [0.1, 0.15) is 36.0 Å². The number of likely N-dealkylation sites (tertiary alicyclic amines) is 1. The summed E-state index contributed by atoms with van der Waals surface area (Å²) in [4.78, 5) is 25.4. The Labute approximate surface area is 126 Å². The molecule has 0 spiro atoms. The molecule has 3 rings (SSSR count). The maximum atomic E-state index is 12.6. The lowest BCUT2D eigenvalue weighted by atomic mass is 9.99. The van der Waals surface area contributed by atoms with Gasteiger partial charge in [0.05, 0.1) is 0 Å². The van der Waals surface area contributed by atoms with E-state index in [1.54, 1.807) is 19.1 Å². The second-order valence-electron chi connectivity index (χ2n) is 5.72. The first-order valence-electron chi connectivity index (χ1n) is 7.09. The van der Waals surface area contributed by atoms with Crippen molar-refractivity contribution >= 4 is 11.9 Å². The van der Waals surface area contributed by atoms with E-state index < -0.39 is 11.5 Å². The summed E-state index contributed by atoms with van der Waals surface area (Å²) in [6.07, 6.45) is 1.12. The Hall–Kier alpha value is -2.57. The number of carbonyl (C=O) groups excluding carboxylic acids is 1. The molecule has 2 aromatic rings. The van der Waals surface area contributed by atoms with Crippen molar-refractivity contribution < 1.29 is 19.1 Å². The number of amides is 1. The quantitative estimate of drug-likeness (QED) is 0.904. The lowest BCUT2D eigenvalue weighted by Crippen LogP contribution is -2.50. The number of aryl methyl sites for hydroxylation is 1. The van der Waals surface area contributed by atoms with Gasteiger partial charge in [-0.1, -0.05) is 0 Å². The number of carboxylic acids is 1. The first-order valence-corrected chi connectivity index (χ1v) is 7.09. The number of furan rings is 1. The molecule has 1 saturated heterocycles. The number of rotatable bonds is 3. The summed E-state index contributed by atoms with van der Waals surface area (Å²) in [7, 11) is 0. The first kappa shape index (κ1) is 14.4. The van der Waals surface area contributed by atoms with Crippen molar-refractivity contribution in [3.8, 4) is 11.5 Å². The van der Waals surface area contributed by atoms with Crippen LogP contribution in [0.3, 0.4) is 0 Å². The third-order valence-electron chi connectivity index (χ3n) is 4.15. The number of aliphatic carboxylic acids is 1. The molecule has 0 saturated carbocycles. The van der Waals surface area contributed by atoms with Crippen LogP contribution < -0.4 is 0 Å². The topological polar surface area (TPSA) is 99.4 Å². The van der Waals surface area contributed by atoms with Gasteiger partial charge >= 0.3 is 5.97 Å². The standard InChI is InChI=1S/C15H17N3O4/c1-9-4-5-12(22-9)10-8-11(17-16-10)13(19)18-7-3-6-15(18,2)14(20)21/h4-5,8H,3,6-7H2,1-2H3,(H,16,17)(H,20,21)/t15-/m1/s1. The number of H-pyrrole nitrogens is 1. The minimum Gasteiger partial charge on any atom is -0.480 e. The van der Waals surface area contributed by atoms with Crippen molar-refractivity contribution in [2.75, 3.05) is 6.54 Å². The van der Waals surface area contributed by atoms with Gasteiger partial charge in [0, 0.05) is 12.6 Å². The van der Waals surface area contributed by atoms with Crippen molar-refractivity contribution in [2.24, 2.45) is 0 Å². The van der Waals surface area contributed by atoms with E-state index in [1.807, 2.05) is 13.0 Å². The molecule has 7 heteroatoms. The van der Waals surface area contributed by atoms with Gasteiger partial charge in [-0.2, -0.15) is 5.10 Å². The number of aromatic amines is 1. The zero-order valence-corrected chi connectivity index (χ0v) is 12.4. The highest BCUT2D eigenvalue weighted by atomic mass is 16.4. The van der Waals surface area contributed by atoms with E-state index in [4.69, 9.17) is 4.42 Å². The molecule has 0 aliphatic carbocycles. The summed E-state index contributed by atoms with van der Waals surface area (Å²) < 4.78 is 5.48. The van der Waals surface area contributed by atoms with Crippen LogP contribution in [0.15, 0.2) is 22.6 Å². The molecule has 1 aliphatic rings. The number of carbonyl (C=O) groups is 2. The largest absolute Gasteiger partial charge is 0.480 e. The van der Waals surface area contributed by atoms with Gasteiger partial charge in [-0.05, 0) is 38.8 Å². The number of hydrogen-bond donors (Lipinski definition) is 2. The molecule has 22 heavy (non-hydrogen) atoms. The molecule has 1 amide bonds. The van der Waals surface area contributed by atoms with Crippen LogP contribution in [0.25, 0.3) is 11.5 Å². The Balaban J connectivity index is 1.87. The number of nitrogens with zero attached hydrogens (tertiary/aromatic N) is 2. The fraction of sp³-hybridized carbons (Fsp3) is 0.400. The van der Waals surface area contributed by atoms with E-state index in [-0.39, 0.29) is 11.6 Å². The molecule has 7 nitrogen and oxygen atoms in total. The molecule has 0 unspecified atom stereocenters. The number of hydrogen-bond acceptors (Lipinski definition) is 4. The highest BCUT2D eigenvalue weighted by Gasteiger charge is 2.46. The summed E-state index contributed by atoms with van der Waals surface area (Å²) in [5.74, 6) is -0.0223. The van der Waals surface area contributed by atoms with Crippen LogP contribution in [0.5, 0.6) is 0 Å². The second kappa shape index (κ2) is 5.01. The summed E-state index contributed by atoms with van der Waals surface area (Å²) in [5, 5.41) is 16.1. The summed E-state index contributed by atoms with van der Waals surface area (Å²) in [5.41, 5.74) is -0.386. The summed E-state index contributed by atoms with van der Waals surface area (Å²) in [6, 6.07) is 5.19. The summed E-state index contributed by atoms with van der Waals surface area (Å²) in [6.45, 7) is 3.82. The maximum Gasteiger partial charge on any atom is 0.329 e. The first-order chi connectivity index (χ1) is 10.4. The molecule has 2 aromatic heterocycles. The van der Waals surface area contributed by atoms with Crippen LogP contribution in [0.4, 0.5) is 0 Å². The number of carboxylic acid groups (broad SMARTS) is 1. The Morgan fingerprint density at radius 3 is 2.86 bits per heavy atom. The maximum absolute atomic E-state index is 12.6. The van der Waals surface area contributed by atoms with Crippen LogP contribution in [0, 0.1) is 6.92 Å². The van der Waals surface area contributed by atoms with Crippen molar-refractivity contribution in [2.45, 2.75) is 32.2 Å². The summed E-state index contributed by atoms with van der Waals surface area (Å²) >= 11 is 0. The van der Waals surface area contributed by atoms with Crippen molar-refractivity contribution in [3.63, 3.8) is 0 Å². The average molecular weight is 303 g/mol. The molecule has 3 heterocycles. The predicted octanol–water partition coefficient (Wildman–Crippen LogP) is 2.06. The van der Waals surface area contributed by atoms with E-state index >= 15 is 0 Å². The Morgan fingerprint density at radius 1 is 1.45 bits per heavy atom. The fourth-order valence-electron chi connectivity index (χ4n) is 2.79. The van der Waals surface area contributed by atoms with Crippen LogP contribution in [-0.2, 0) is 4.79 Å². The van der Waals surface area contributed by atoms with E-state index in [9.17, 15) is 14.7 Å². The molecule has 0 bridgehead atoms. The number of aromatic nitrogens is 2. The zero-order valence-electron chi connectivity index (χ0n) is 12.4. The average Bonchev–Trinajstić information content (AvgIpc) is 3.17. The molecule has 1 fully saturated rings. The lowest BCUT2D eigenvalue weighted by molar-refractivity contribution is -0.147. The smallest absolute Gasteiger partial charge is 0.329 e. The molecule has 1 aliphatic heterocycles. The normalized spacial score (nSPS) is 21.3. The van der Waals surface area contributed by atoms with Crippen molar-refractivity contribution in [3.05, 3.63) is 29.7 Å². The van der Waals surface area contributed by atoms with Crippen molar-refractivity contribution in [1.82, 2.24) is 15.1 Å².